The van der Waals surface area contributed by atoms with E-state index in [-0.39, 0.29) is 22.4 Å². The number of nitrogens with one attached hydrogen (secondary N) is 1. The van der Waals surface area contributed by atoms with Crippen molar-refractivity contribution in [3.05, 3.63) is 108 Å². The molecule has 4 rings (SSSR count). The molecule has 0 radical (unpaired) electrons. The van der Waals surface area contributed by atoms with Crippen LogP contribution in [0.5, 0.6) is 0 Å². The van der Waals surface area contributed by atoms with Crippen LogP contribution in [-0.4, -0.2) is 56.2 Å². The van der Waals surface area contributed by atoms with Gasteiger partial charge in [0.2, 0.25) is 5.91 Å². The number of benzene rings is 2. The van der Waals surface area contributed by atoms with E-state index in [1.54, 1.807) is 50.2 Å². The molecule has 3 amide bonds. The van der Waals surface area contributed by atoms with Crippen molar-refractivity contribution in [3.8, 4) is 0 Å². The fourth-order valence-electron chi connectivity index (χ4n) is 5.12. The Morgan fingerprint density at radius 3 is 2.02 bits per heavy atom. The van der Waals surface area contributed by atoms with Crippen LogP contribution in [0.4, 0.5) is 13.2 Å². The summed E-state index contributed by atoms with van der Waals surface area (Å²) >= 11 is 0. The number of hydrogen-bond acceptors (Lipinski definition) is 5. The van der Waals surface area contributed by atoms with Crippen LogP contribution in [-0.2, 0) is 20.8 Å². The summed E-state index contributed by atoms with van der Waals surface area (Å²) in [5.41, 5.74) is -2.37. The second-order valence-electron chi connectivity index (χ2n) is 10.2. The molecule has 0 saturated heterocycles. The van der Waals surface area contributed by atoms with Gasteiger partial charge in [-0.1, -0.05) is 74.5 Å². The molecule has 218 valence electrons. The Morgan fingerprint density at radius 1 is 0.929 bits per heavy atom. The number of carbonyl (C=O) groups excluding carboxylic acids is 4. The molecule has 11 heteroatoms. The highest BCUT2D eigenvalue weighted by atomic mass is 19.4. The van der Waals surface area contributed by atoms with Gasteiger partial charge < -0.3 is 10.2 Å². The van der Waals surface area contributed by atoms with Crippen LogP contribution >= 0.6 is 0 Å². The highest BCUT2D eigenvalue weighted by Gasteiger charge is 2.61. The van der Waals surface area contributed by atoms with Gasteiger partial charge in [-0.05, 0) is 29.2 Å². The first kappa shape index (κ1) is 30.2. The highest BCUT2D eigenvalue weighted by Crippen LogP contribution is 2.40. The van der Waals surface area contributed by atoms with Gasteiger partial charge in [-0.15, -0.1) is 0 Å². The molecular formula is C31H29F3N4O4. The van der Waals surface area contributed by atoms with Gasteiger partial charge in [-0.2, -0.15) is 13.2 Å². The summed E-state index contributed by atoms with van der Waals surface area (Å²) in [4.78, 5) is 60.2. The maximum absolute atomic E-state index is 14.6. The predicted octanol–water partition coefficient (Wildman–Crippen LogP) is 4.60. The largest absolute Gasteiger partial charge is 0.454 e. The normalized spacial score (nSPS) is 17.0. The SMILES string of the molecule is CC(=O)NC(Cc1ccccc1)(C(=O)C(F)(F)F)N1C(=O)C(C(C)C)N(C(=O)c2ccncc2)C=C1c1ccccc1. The van der Waals surface area contributed by atoms with Gasteiger partial charge in [0.05, 0.1) is 5.70 Å². The number of hydrogen-bond donors (Lipinski definition) is 1. The molecule has 0 bridgehead atoms. The third kappa shape index (κ3) is 5.95. The lowest BCUT2D eigenvalue weighted by Crippen LogP contribution is -2.73. The fourth-order valence-corrected chi connectivity index (χ4v) is 5.12. The van der Waals surface area contributed by atoms with Crippen molar-refractivity contribution >= 4 is 29.2 Å². The summed E-state index contributed by atoms with van der Waals surface area (Å²) in [6.07, 6.45) is -2.06. The van der Waals surface area contributed by atoms with Crippen LogP contribution in [0.3, 0.4) is 0 Å². The summed E-state index contributed by atoms with van der Waals surface area (Å²) in [7, 11) is 0. The van der Waals surface area contributed by atoms with Crippen LogP contribution in [0, 0.1) is 5.92 Å². The number of Topliss-reactive ketones (excluding diaryl/α,β-unsaturated/α-hetero) is 1. The molecule has 0 saturated carbocycles. The van der Waals surface area contributed by atoms with Crippen molar-refractivity contribution in [2.24, 2.45) is 5.92 Å². The van der Waals surface area contributed by atoms with Gasteiger partial charge in [0, 0.05) is 37.5 Å². The minimum Gasteiger partial charge on any atom is -0.326 e. The van der Waals surface area contributed by atoms with E-state index < -0.39 is 53.7 Å². The molecule has 1 aliphatic heterocycles. The number of nitrogens with zero attached hydrogens (tertiary/aromatic N) is 3. The molecule has 1 aromatic heterocycles. The average Bonchev–Trinajstić information content (AvgIpc) is 2.96. The monoisotopic (exact) mass is 578 g/mol. The van der Waals surface area contributed by atoms with E-state index in [0.29, 0.717) is 4.90 Å². The Labute approximate surface area is 240 Å². The van der Waals surface area contributed by atoms with Crippen molar-refractivity contribution in [2.45, 2.75) is 45.1 Å². The molecule has 0 fully saturated rings. The van der Waals surface area contributed by atoms with E-state index in [4.69, 9.17) is 0 Å². The maximum atomic E-state index is 14.6. The zero-order valence-electron chi connectivity index (χ0n) is 23.1. The van der Waals surface area contributed by atoms with Gasteiger partial charge in [0.15, 0.2) is 5.66 Å². The summed E-state index contributed by atoms with van der Waals surface area (Å²) in [6.45, 7) is 4.25. The molecule has 1 aliphatic rings. The lowest BCUT2D eigenvalue weighted by atomic mass is 9.87. The Hall–Kier alpha value is -4.80. The number of amides is 3. The zero-order valence-corrected chi connectivity index (χ0v) is 23.1. The first-order valence-electron chi connectivity index (χ1n) is 13.1. The standard InChI is InChI=1S/C31H29F3N4O4/c1-20(2)26-28(41)38(30(36-21(3)39,29(42)31(32,33)34)18-22-10-6-4-7-11-22)25(23-12-8-5-9-13-23)19-37(26)27(40)24-14-16-35-17-15-24/h4-17,19-20,26H,18H2,1-3H3,(H,36,39). The minimum absolute atomic E-state index is 0.165. The molecule has 2 atom stereocenters. The van der Waals surface area contributed by atoms with Gasteiger partial charge in [0.1, 0.15) is 6.04 Å². The Morgan fingerprint density at radius 2 is 1.50 bits per heavy atom. The summed E-state index contributed by atoms with van der Waals surface area (Å²) in [5.74, 6) is -5.45. The molecular weight excluding hydrogens is 549 g/mol. The quantitative estimate of drug-likeness (QED) is 0.422. The maximum Gasteiger partial charge on any atom is 0.454 e. The van der Waals surface area contributed by atoms with Gasteiger partial charge >= 0.3 is 6.18 Å². The van der Waals surface area contributed by atoms with Gasteiger partial charge in [-0.25, -0.2) is 0 Å². The molecule has 0 spiro atoms. The van der Waals surface area contributed by atoms with Crippen molar-refractivity contribution in [1.29, 1.82) is 0 Å². The number of halogens is 3. The van der Waals surface area contributed by atoms with Crippen LogP contribution in [0.1, 0.15) is 42.3 Å². The Kier molecular flexibility index (Phi) is 8.60. The molecule has 3 aromatic rings. The smallest absolute Gasteiger partial charge is 0.326 e. The molecule has 8 nitrogen and oxygen atoms in total. The molecule has 2 aromatic carbocycles. The first-order chi connectivity index (χ1) is 19.9. The van der Waals surface area contributed by atoms with E-state index in [2.05, 4.69) is 10.3 Å². The second-order valence-corrected chi connectivity index (χ2v) is 10.2. The number of carbonyl (C=O) groups is 4. The van der Waals surface area contributed by atoms with Gasteiger partial charge in [0.25, 0.3) is 17.6 Å². The number of aromatic nitrogens is 1. The second kappa shape index (κ2) is 12.0. The lowest BCUT2D eigenvalue weighted by Gasteiger charge is -2.49. The molecule has 0 aliphatic carbocycles. The van der Waals surface area contributed by atoms with Crippen LogP contribution in [0.25, 0.3) is 5.70 Å². The van der Waals surface area contributed by atoms with Crippen molar-refractivity contribution in [1.82, 2.24) is 20.1 Å². The van der Waals surface area contributed by atoms with Crippen molar-refractivity contribution in [3.63, 3.8) is 0 Å². The zero-order chi connectivity index (χ0) is 30.7. The number of pyridine rings is 1. The van der Waals surface area contributed by atoms with Crippen LogP contribution < -0.4 is 5.32 Å². The van der Waals surface area contributed by atoms with E-state index in [0.717, 1.165) is 6.92 Å². The molecule has 2 heterocycles. The van der Waals surface area contributed by atoms with Crippen molar-refractivity contribution in [2.75, 3.05) is 0 Å². The topological polar surface area (TPSA) is 99.7 Å². The minimum atomic E-state index is -5.45. The van der Waals surface area contributed by atoms with E-state index in [1.807, 2.05) is 0 Å². The third-order valence-electron chi connectivity index (χ3n) is 6.84. The van der Waals surface area contributed by atoms with E-state index >= 15 is 0 Å². The Balaban J connectivity index is 2.06. The predicted molar refractivity (Wildman–Crippen MR) is 148 cm³/mol. The summed E-state index contributed by atoms with van der Waals surface area (Å²) in [5, 5.41) is 2.23. The molecule has 2 unspecified atom stereocenters. The van der Waals surface area contributed by atoms with E-state index in [1.165, 1.54) is 59.9 Å². The van der Waals surface area contributed by atoms with Crippen molar-refractivity contribution < 1.29 is 32.3 Å². The lowest BCUT2D eigenvalue weighted by molar-refractivity contribution is -0.187. The molecule has 42 heavy (non-hydrogen) atoms. The molecule has 1 N–H and O–H groups in total. The van der Waals surface area contributed by atoms with Crippen LogP contribution in [0.2, 0.25) is 0 Å². The summed E-state index contributed by atoms with van der Waals surface area (Å²) in [6, 6.07) is 17.3. The number of alkyl halides is 3. The summed E-state index contributed by atoms with van der Waals surface area (Å²) < 4.78 is 43.4. The fraction of sp³-hybridized carbons (Fsp3) is 0.258. The first-order valence-corrected chi connectivity index (χ1v) is 13.1. The average molecular weight is 579 g/mol. The highest BCUT2D eigenvalue weighted by molar-refractivity contribution is 6.07. The number of ketones is 1. The van der Waals surface area contributed by atoms with E-state index in [9.17, 15) is 32.3 Å². The number of rotatable bonds is 8. The third-order valence-corrected chi connectivity index (χ3v) is 6.84. The Bertz CT molecular complexity index is 1490. The van der Waals surface area contributed by atoms with Gasteiger partial charge in [-0.3, -0.25) is 29.1 Å². The van der Waals surface area contributed by atoms with Crippen LogP contribution in [0.15, 0.2) is 91.4 Å².